The maximum Gasteiger partial charge on any atom is 0.191 e. The molecule has 1 aromatic rings. The third-order valence-electron chi connectivity index (χ3n) is 5.87. The van der Waals surface area contributed by atoms with Gasteiger partial charge in [0.1, 0.15) is 0 Å². The summed E-state index contributed by atoms with van der Waals surface area (Å²) in [6, 6.07) is 8.92. The average molecular weight is 422 g/mol. The zero-order valence-electron chi connectivity index (χ0n) is 17.9. The molecule has 2 N–H and O–H groups in total. The number of nitrogens with zero attached hydrogens (tertiary/aromatic N) is 3. The van der Waals surface area contributed by atoms with Crippen molar-refractivity contribution in [3.63, 3.8) is 0 Å². The predicted octanol–water partition coefficient (Wildman–Crippen LogP) is 2.75. The van der Waals surface area contributed by atoms with E-state index in [0.717, 1.165) is 43.8 Å². The van der Waals surface area contributed by atoms with Crippen LogP contribution in [0.2, 0.25) is 5.02 Å². The molecule has 6 nitrogen and oxygen atoms in total. The summed E-state index contributed by atoms with van der Waals surface area (Å²) < 4.78 is 5.55. The Morgan fingerprint density at radius 3 is 2.66 bits per heavy atom. The van der Waals surface area contributed by atoms with Gasteiger partial charge >= 0.3 is 0 Å². The van der Waals surface area contributed by atoms with Crippen LogP contribution in [-0.2, 0) is 4.74 Å². The van der Waals surface area contributed by atoms with Gasteiger partial charge in [0.25, 0.3) is 0 Å². The maximum absolute atomic E-state index is 6.28. The molecule has 0 amide bonds. The van der Waals surface area contributed by atoms with Crippen molar-refractivity contribution in [1.29, 1.82) is 0 Å². The monoisotopic (exact) mass is 421 g/mol. The molecule has 2 fully saturated rings. The molecule has 29 heavy (non-hydrogen) atoms. The number of rotatable bonds is 7. The number of piperidine rings is 1. The number of hydrogen-bond acceptors (Lipinski definition) is 4. The molecule has 2 heterocycles. The van der Waals surface area contributed by atoms with Crippen molar-refractivity contribution >= 4 is 17.6 Å². The number of hydrogen-bond donors (Lipinski definition) is 2. The zero-order chi connectivity index (χ0) is 20.5. The number of likely N-dealkylation sites (tertiary alicyclic amines) is 1. The van der Waals surface area contributed by atoms with E-state index in [1.165, 1.54) is 44.5 Å². The number of morpholine rings is 1. The second-order valence-electron chi connectivity index (χ2n) is 7.93. The Bertz CT molecular complexity index is 642. The molecule has 0 aromatic heterocycles. The second-order valence-corrected chi connectivity index (χ2v) is 8.37. The van der Waals surface area contributed by atoms with Crippen LogP contribution in [0.1, 0.15) is 37.8 Å². The fourth-order valence-electron chi connectivity index (χ4n) is 4.26. The molecule has 1 atom stereocenters. The first-order valence-corrected chi connectivity index (χ1v) is 11.3. The largest absolute Gasteiger partial charge is 0.379 e. The van der Waals surface area contributed by atoms with Crippen molar-refractivity contribution < 1.29 is 4.74 Å². The minimum atomic E-state index is 0.238. The first kappa shape index (κ1) is 22.3. The molecule has 2 saturated heterocycles. The second kappa shape index (κ2) is 11.7. The minimum Gasteiger partial charge on any atom is -0.379 e. The molecule has 0 spiro atoms. The molecule has 1 unspecified atom stereocenters. The number of nitrogens with one attached hydrogen (secondary N) is 2. The standard InChI is InChI=1S/C22H36ClN5O/c1-3-9-27-10-7-20(8-11-27)26-22(24-2)25-17-21(28-12-14-29-15-13-28)18-5-4-6-19(23)16-18/h4-6,16,20-21H,3,7-15,17H2,1-2H3,(H2,24,25,26). The lowest BCUT2D eigenvalue weighted by Gasteiger charge is -2.36. The quantitative estimate of drug-likeness (QED) is 0.523. The van der Waals surface area contributed by atoms with E-state index in [1.807, 2.05) is 19.2 Å². The Labute approximate surface area is 180 Å². The molecule has 0 radical (unpaired) electrons. The van der Waals surface area contributed by atoms with Gasteiger partial charge in [-0.1, -0.05) is 30.7 Å². The topological polar surface area (TPSA) is 52.1 Å². The third kappa shape index (κ3) is 6.85. The van der Waals surface area contributed by atoms with E-state index in [4.69, 9.17) is 16.3 Å². The summed E-state index contributed by atoms with van der Waals surface area (Å²) in [6.07, 6.45) is 3.57. The Hall–Kier alpha value is -1.34. The van der Waals surface area contributed by atoms with E-state index in [9.17, 15) is 0 Å². The summed E-state index contributed by atoms with van der Waals surface area (Å²) in [5, 5.41) is 7.98. The summed E-state index contributed by atoms with van der Waals surface area (Å²) in [5.41, 5.74) is 1.23. The van der Waals surface area contributed by atoms with Gasteiger partial charge in [-0.25, -0.2) is 0 Å². The summed E-state index contributed by atoms with van der Waals surface area (Å²) in [7, 11) is 1.85. The molecule has 0 bridgehead atoms. The first-order valence-electron chi connectivity index (χ1n) is 11.0. The van der Waals surface area contributed by atoms with Crippen molar-refractivity contribution in [3.05, 3.63) is 34.9 Å². The van der Waals surface area contributed by atoms with Crippen LogP contribution < -0.4 is 10.6 Å². The van der Waals surface area contributed by atoms with Crippen molar-refractivity contribution in [2.75, 3.05) is 59.5 Å². The number of benzene rings is 1. The highest BCUT2D eigenvalue weighted by Crippen LogP contribution is 2.24. The Morgan fingerprint density at radius 1 is 1.24 bits per heavy atom. The van der Waals surface area contributed by atoms with Gasteiger partial charge in [-0.05, 0) is 43.5 Å². The lowest BCUT2D eigenvalue weighted by atomic mass is 10.0. The highest BCUT2D eigenvalue weighted by atomic mass is 35.5. The van der Waals surface area contributed by atoms with E-state index >= 15 is 0 Å². The Morgan fingerprint density at radius 2 is 2.00 bits per heavy atom. The van der Waals surface area contributed by atoms with Crippen molar-refractivity contribution in [2.24, 2.45) is 4.99 Å². The number of ether oxygens (including phenoxy) is 1. The van der Waals surface area contributed by atoms with Crippen LogP contribution in [0.5, 0.6) is 0 Å². The van der Waals surface area contributed by atoms with Crippen LogP contribution in [0, 0.1) is 0 Å². The normalized spacial score (nSPS) is 21.1. The third-order valence-corrected chi connectivity index (χ3v) is 6.11. The Kier molecular flexibility index (Phi) is 9.05. The van der Waals surface area contributed by atoms with Gasteiger partial charge < -0.3 is 20.3 Å². The van der Waals surface area contributed by atoms with Crippen LogP contribution in [0.15, 0.2) is 29.3 Å². The lowest BCUT2D eigenvalue weighted by molar-refractivity contribution is 0.0170. The summed E-state index contributed by atoms with van der Waals surface area (Å²) >= 11 is 6.28. The fourth-order valence-corrected chi connectivity index (χ4v) is 4.46. The summed E-state index contributed by atoms with van der Waals surface area (Å²) in [5.74, 6) is 0.888. The van der Waals surface area contributed by atoms with E-state index in [-0.39, 0.29) is 6.04 Å². The van der Waals surface area contributed by atoms with Crippen LogP contribution in [-0.4, -0.2) is 81.3 Å². The lowest BCUT2D eigenvalue weighted by Crippen LogP contribution is -2.51. The van der Waals surface area contributed by atoms with E-state index in [2.05, 4.69) is 44.5 Å². The smallest absolute Gasteiger partial charge is 0.191 e. The minimum absolute atomic E-state index is 0.238. The van der Waals surface area contributed by atoms with E-state index < -0.39 is 0 Å². The van der Waals surface area contributed by atoms with Crippen molar-refractivity contribution in [2.45, 2.75) is 38.3 Å². The van der Waals surface area contributed by atoms with Crippen LogP contribution in [0.3, 0.4) is 0 Å². The van der Waals surface area contributed by atoms with Gasteiger partial charge in [0.2, 0.25) is 0 Å². The fraction of sp³-hybridized carbons (Fsp3) is 0.682. The van der Waals surface area contributed by atoms with Crippen LogP contribution in [0.25, 0.3) is 0 Å². The molecule has 0 aliphatic carbocycles. The molecule has 2 aliphatic rings. The Balaban J connectivity index is 1.57. The van der Waals surface area contributed by atoms with Crippen molar-refractivity contribution in [3.8, 4) is 0 Å². The van der Waals surface area contributed by atoms with Gasteiger partial charge in [0, 0.05) is 50.8 Å². The summed E-state index contributed by atoms with van der Waals surface area (Å²) in [6.45, 7) is 10.0. The van der Waals surface area contributed by atoms with Gasteiger partial charge in [0.05, 0.1) is 19.3 Å². The molecule has 7 heteroatoms. The highest BCUT2D eigenvalue weighted by Gasteiger charge is 2.24. The van der Waals surface area contributed by atoms with Crippen LogP contribution >= 0.6 is 11.6 Å². The first-order chi connectivity index (χ1) is 14.2. The van der Waals surface area contributed by atoms with E-state index in [0.29, 0.717) is 6.04 Å². The predicted molar refractivity (Wildman–Crippen MR) is 121 cm³/mol. The zero-order valence-corrected chi connectivity index (χ0v) is 18.6. The van der Waals surface area contributed by atoms with Gasteiger partial charge in [-0.3, -0.25) is 9.89 Å². The molecule has 162 valence electrons. The van der Waals surface area contributed by atoms with Gasteiger partial charge in [-0.15, -0.1) is 0 Å². The summed E-state index contributed by atoms with van der Waals surface area (Å²) in [4.78, 5) is 9.51. The number of guanidine groups is 1. The van der Waals surface area contributed by atoms with Gasteiger partial charge in [0.15, 0.2) is 5.96 Å². The van der Waals surface area contributed by atoms with Gasteiger partial charge in [-0.2, -0.15) is 0 Å². The number of halogens is 1. The molecule has 0 saturated carbocycles. The molecular weight excluding hydrogens is 386 g/mol. The number of aliphatic imine (C=N–C) groups is 1. The highest BCUT2D eigenvalue weighted by molar-refractivity contribution is 6.30. The van der Waals surface area contributed by atoms with Crippen LogP contribution in [0.4, 0.5) is 0 Å². The average Bonchev–Trinajstić information content (AvgIpc) is 2.75. The molecule has 1 aromatic carbocycles. The maximum atomic E-state index is 6.28. The molecule has 2 aliphatic heterocycles. The molecular formula is C22H36ClN5O. The molecule has 3 rings (SSSR count). The van der Waals surface area contributed by atoms with Crippen molar-refractivity contribution in [1.82, 2.24) is 20.4 Å². The van der Waals surface area contributed by atoms with E-state index in [1.54, 1.807) is 0 Å². The SMILES string of the molecule is CCCN1CCC(NC(=NC)NCC(c2cccc(Cl)c2)N2CCOCC2)CC1.